The average molecular weight is 1630 g/mol. The van der Waals surface area contributed by atoms with Crippen LogP contribution in [0, 0.1) is 6.92 Å². The van der Waals surface area contributed by atoms with Crippen molar-refractivity contribution in [1.82, 2.24) is 87.6 Å². The predicted octanol–water partition coefficient (Wildman–Crippen LogP) is 14.2. The summed E-state index contributed by atoms with van der Waals surface area (Å²) in [6, 6.07) is 43.4. The lowest BCUT2D eigenvalue weighted by atomic mass is 9.81. The number of pyridine rings is 3. The van der Waals surface area contributed by atoms with E-state index in [1.165, 1.54) is 132 Å². The summed E-state index contributed by atoms with van der Waals surface area (Å²) in [5.74, 6) is 4.08. The molecule has 0 spiro atoms. The topological polar surface area (TPSA) is 317 Å². The van der Waals surface area contributed by atoms with E-state index in [1.807, 2.05) is 18.4 Å². The summed E-state index contributed by atoms with van der Waals surface area (Å²) in [4.78, 5) is 86.9. The Labute approximate surface area is 700 Å². The van der Waals surface area contributed by atoms with Crippen LogP contribution in [0.25, 0.3) is 50.6 Å². The van der Waals surface area contributed by atoms with Crippen molar-refractivity contribution in [1.29, 1.82) is 0 Å². The van der Waals surface area contributed by atoms with Crippen LogP contribution in [0.2, 0.25) is 0 Å². The number of benzene rings is 3. The Balaban J connectivity index is 0.000000153. The Morgan fingerprint density at radius 1 is 0.445 bits per heavy atom. The Kier molecular flexibility index (Phi) is 27.7. The van der Waals surface area contributed by atoms with Gasteiger partial charge >= 0.3 is 0 Å². The average Bonchev–Trinajstić information content (AvgIpc) is 1.61. The summed E-state index contributed by atoms with van der Waals surface area (Å²) in [5, 5.41) is 39.4. The number of anilines is 5. The van der Waals surface area contributed by atoms with E-state index in [0.717, 1.165) is 29.0 Å². The highest BCUT2D eigenvalue weighted by atomic mass is 32.2. The molecule has 15 rings (SSSR count). The van der Waals surface area contributed by atoms with Gasteiger partial charge in [0.25, 0.3) is 16.7 Å². The summed E-state index contributed by atoms with van der Waals surface area (Å²) in [5.41, 5.74) is 10.9. The molecule has 0 radical (unpaired) electrons. The molecule has 3 aliphatic carbocycles. The number of nitrogen functional groups attached to an aromatic ring is 1. The van der Waals surface area contributed by atoms with E-state index < -0.39 is 16.8 Å². The van der Waals surface area contributed by atoms with Crippen LogP contribution in [0.5, 0.6) is 0 Å². The smallest absolute Gasteiger partial charge is 0.278 e. The first kappa shape index (κ1) is 87.1. The van der Waals surface area contributed by atoms with Gasteiger partial charge in [-0.3, -0.25) is 14.4 Å². The van der Waals surface area contributed by atoms with Crippen LogP contribution in [0.3, 0.4) is 0 Å². The first-order valence-electron chi connectivity index (χ1n) is 40.7. The molecule has 27 nitrogen and oxygen atoms in total. The van der Waals surface area contributed by atoms with E-state index in [9.17, 15) is 29.7 Å². The van der Waals surface area contributed by atoms with Crippen LogP contribution < -0.4 is 33.0 Å². The summed E-state index contributed by atoms with van der Waals surface area (Å²) in [6.07, 6.45) is 26.4. The van der Waals surface area contributed by atoms with E-state index in [-0.39, 0.29) is 29.8 Å². The first-order valence-corrected chi connectivity index (χ1v) is 41.9. The first-order chi connectivity index (χ1) is 56.8. The number of aliphatic hydroxyl groups is 3. The van der Waals surface area contributed by atoms with Gasteiger partial charge in [0.1, 0.15) is 40.0 Å². The molecule has 12 aromatic rings. The van der Waals surface area contributed by atoms with Crippen LogP contribution in [0.4, 0.5) is 29.0 Å². The highest BCUT2D eigenvalue weighted by molar-refractivity contribution is 7.98. The largest absolute Gasteiger partial charge is 0.399 e. The number of rotatable bonds is 23. The minimum atomic E-state index is -1.39. The third-order valence-electron chi connectivity index (χ3n) is 22.7. The van der Waals surface area contributed by atoms with Gasteiger partial charge in [-0.25, -0.2) is 63.0 Å². The molecule has 7 N–H and O–H groups in total. The Hall–Kier alpha value is -11.2. The van der Waals surface area contributed by atoms with Gasteiger partial charge < -0.3 is 46.4 Å². The molecule has 3 aromatic carbocycles. The second-order valence-corrected chi connectivity index (χ2v) is 33.8. The third-order valence-corrected chi connectivity index (χ3v) is 23.3. The fraction of sp³-hybridized carbons (Fsp3) is 0.396. The molecular weight excluding hydrogens is 1520 g/mol. The van der Waals surface area contributed by atoms with E-state index in [2.05, 4.69) is 190 Å². The van der Waals surface area contributed by atoms with Gasteiger partial charge in [-0.2, -0.15) is 9.97 Å². The maximum Gasteiger partial charge on any atom is 0.278 e. The molecule has 3 fully saturated rings. The molecule has 9 heterocycles. The standard InChI is InChI=1S/C30H37N7O2.C30H35N7O2.C17H19N5O2S.C14H22N2/c2*1-6-18-36-28(38)24-19-31-29(34-27(24)37(36)26-9-7-8-25(33-26)30(2,3)39)32-22-14-10-20(11-15-22)21-12-16-23(17-13-21)35(4)5;1-5-9-21-15(23)11-10-18-16(25-4)20-14(11)22(21)13-8-6-7-12(19-13)17(2,3)24;1-16(2)14-9-5-12(6-10-14)11-3-7-13(15)8-4-11/h6-11,14-15,19,21,23,39H,1,12-13,16-18H2,2-5H3,(H,31,32,34);6-11,14-15,19,21,23,39H,1-2,12-13,16-18H2,3-5H3;5-8,10,24H,1,9H2,2-4H3;3-4,7-8,12,14H,5-6,9-10,15H2,1-2H3/p+1. The number of aromatic nitrogens is 15. The number of fused-ring (bicyclic) bond motifs is 3. The summed E-state index contributed by atoms with van der Waals surface area (Å²) in [6.45, 7) is 24.1. The normalized spacial score (nSPS) is 18.2. The Bertz CT molecular complexity index is 5450. The Morgan fingerprint density at radius 3 is 1.05 bits per heavy atom. The molecule has 624 valence electrons. The van der Waals surface area contributed by atoms with E-state index in [1.54, 1.807) is 128 Å². The molecule has 3 saturated carbocycles. The molecule has 0 saturated heterocycles. The molecule has 28 heteroatoms. The number of hydrogen-bond acceptors (Lipinski definition) is 22. The van der Waals surface area contributed by atoms with E-state index in [4.69, 9.17) is 15.7 Å². The molecule has 119 heavy (non-hydrogen) atoms. The highest BCUT2D eigenvalue weighted by Crippen LogP contribution is 2.38. The zero-order valence-electron chi connectivity index (χ0n) is 70.6. The van der Waals surface area contributed by atoms with Gasteiger partial charge in [-0.05, 0) is 261 Å². The van der Waals surface area contributed by atoms with Crippen LogP contribution in [0.15, 0.2) is 203 Å². The minimum absolute atomic E-state index is 0.210. The van der Waals surface area contributed by atoms with Crippen LogP contribution >= 0.6 is 11.8 Å². The number of allylic oxidation sites excluding steroid dienone is 3. The zero-order chi connectivity index (χ0) is 85.2. The van der Waals surface area contributed by atoms with Crippen molar-refractivity contribution in [3.8, 4) is 17.5 Å². The van der Waals surface area contributed by atoms with Gasteiger partial charge in [0.05, 0.1) is 31.0 Å². The van der Waals surface area contributed by atoms with Crippen molar-refractivity contribution in [2.24, 2.45) is 0 Å². The van der Waals surface area contributed by atoms with Crippen molar-refractivity contribution in [2.45, 2.75) is 189 Å². The number of nitrogens with two attached hydrogens (primary N) is 1. The molecule has 3 aliphatic rings. The van der Waals surface area contributed by atoms with Crippen LogP contribution in [0.1, 0.15) is 163 Å². The fourth-order valence-corrected chi connectivity index (χ4v) is 16.3. The summed E-state index contributed by atoms with van der Waals surface area (Å²) in [7, 11) is 13.0. The van der Waals surface area contributed by atoms with Crippen molar-refractivity contribution in [3.05, 3.63) is 256 Å². The van der Waals surface area contributed by atoms with Gasteiger partial charge in [0, 0.05) is 60.7 Å². The maximum atomic E-state index is 13.2. The van der Waals surface area contributed by atoms with E-state index in [0.29, 0.717) is 115 Å². The number of nitrogens with zero attached hydrogens (tertiary/aromatic N) is 18. The lowest BCUT2D eigenvalue weighted by Crippen LogP contribution is -2.31. The monoisotopic (exact) mass is 1630 g/mol. The minimum Gasteiger partial charge on any atom is -0.399 e. The predicted molar refractivity (Wildman–Crippen MR) is 477 cm³/mol. The third kappa shape index (κ3) is 20.6. The molecule has 0 amide bonds. The number of hydrogen-bond donors (Lipinski definition) is 6. The van der Waals surface area contributed by atoms with Crippen molar-refractivity contribution in [2.75, 3.05) is 64.9 Å². The van der Waals surface area contributed by atoms with Gasteiger partial charge in [-0.15, -0.1) is 19.7 Å². The van der Waals surface area contributed by atoms with Crippen molar-refractivity contribution >= 4 is 73.8 Å². The van der Waals surface area contributed by atoms with Gasteiger partial charge in [-0.1, -0.05) is 84.6 Å². The second kappa shape index (κ2) is 37.8. The fourth-order valence-electron chi connectivity index (χ4n) is 15.9. The Morgan fingerprint density at radius 2 is 0.748 bits per heavy atom. The molecule has 0 bridgehead atoms. The SMILES string of the molecule is C=CCn1c(=O)c2cnc(Nc3ccc(C4CCC(N(C)C)CC4)cc3)nc2n1-c1cccc(C(C)(C)O)n1.C=CCn1c(=O)c2cnc(Nc3ccc(C4CCC(N(C)C)CC4)cc3)nc2n1-c1cccc(C([CH2+])(C)O)n1.C=CCn1c(=O)c2cnc(SC)nc2n1-c1cccc(C(C)(C)O)n1.CN(C)C1CCC(c2ccc(N)cc2)CC1. The van der Waals surface area contributed by atoms with Crippen LogP contribution in [-0.4, -0.2) is 170 Å². The highest BCUT2D eigenvalue weighted by Gasteiger charge is 2.31. The summed E-state index contributed by atoms with van der Waals surface area (Å²) >= 11 is 1.40. The van der Waals surface area contributed by atoms with Crippen molar-refractivity contribution in [3.63, 3.8) is 0 Å². The number of thioether (sulfide) groups is 1. The number of nitrogens with one attached hydrogen (secondary N) is 2. The van der Waals surface area contributed by atoms with Gasteiger partial charge in [0.15, 0.2) is 39.6 Å². The molecular formula is C91H114N21O6S+. The van der Waals surface area contributed by atoms with Crippen molar-refractivity contribution < 1.29 is 15.3 Å². The molecule has 1 unspecified atom stereocenters. The molecule has 9 aromatic heterocycles. The lowest BCUT2D eigenvalue weighted by Gasteiger charge is -2.32. The maximum absolute atomic E-state index is 13.2. The zero-order valence-corrected chi connectivity index (χ0v) is 71.4. The quantitative estimate of drug-likeness (QED) is 0.0114. The molecule has 0 aliphatic heterocycles. The summed E-state index contributed by atoms with van der Waals surface area (Å²) < 4.78 is 9.47. The lowest BCUT2D eigenvalue weighted by molar-refractivity contribution is 0.0733. The second-order valence-electron chi connectivity index (χ2n) is 33.0. The van der Waals surface area contributed by atoms with Crippen LogP contribution in [-0.2, 0) is 36.4 Å². The molecule has 1 atom stereocenters. The van der Waals surface area contributed by atoms with Gasteiger partial charge in [0.2, 0.25) is 17.5 Å². The van der Waals surface area contributed by atoms with E-state index >= 15 is 0 Å².